The van der Waals surface area contributed by atoms with Crippen molar-refractivity contribution < 1.29 is 9.90 Å². The molecule has 0 fully saturated rings. The molecule has 2 aromatic heterocycles. The number of hydrogen-bond acceptors (Lipinski definition) is 6. The van der Waals surface area contributed by atoms with Crippen molar-refractivity contribution in [2.24, 2.45) is 0 Å². The lowest BCUT2D eigenvalue weighted by atomic mass is 10.1. The van der Waals surface area contributed by atoms with Gasteiger partial charge in [0, 0.05) is 35.9 Å². The molecule has 0 saturated carbocycles. The van der Waals surface area contributed by atoms with Crippen molar-refractivity contribution in [3.05, 3.63) is 46.0 Å². The number of hydrogen-bond donors (Lipinski definition) is 3. The molecule has 0 radical (unpaired) electrons. The van der Waals surface area contributed by atoms with Crippen LogP contribution in [0.1, 0.15) is 17.7 Å². The van der Waals surface area contributed by atoms with Gasteiger partial charge in [-0.2, -0.15) is 11.8 Å². The van der Waals surface area contributed by atoms with Crippen molar-refractivity contribution in [3.63, 3.8) is 0 Å². The van der Waals surface area contributed by atoms with E-state index in [4.69, 9.17) is 5.11 Å². The van der Waals surface area contributed by atoms with E-state index in [9.17, 15) is 9.59 Å². The molecule has 25 heavy (non-hydrogen) atoms. The number of amides is 1. The molecule has 0 aliphatic rings. The molecule has 2 aromatic rings. The van der Waals surface area contributed by atoms with E-state index in [-0.39, 0.29) is 30.5 Å². The number of rotatable bonds is 8. The Hall–Kier alpha value is -2.19. The smallest absolute Gasteiger partial charge is 0.255 e. The van der Waals surface area contributed by atoms with E-state index in [0.29, 0.717) is 34.9 Å². The highest BCUT2D eigenvalue weighted by molar-refractivity contribution is 7.98. The molecule has 0 aliphatic carbocycles. The average Bonchev–Trinajstić information content (AvgIpc) is 2.59. The Labute approximate surface area is 150 Å². The van der Waals surface area contributed by atoms with E-state index >= 15 is 0 Å². The highest BCUT2D eigenvalue weighted by Gasteiger charge is 2.16. The third kappa shape index (κ3) is 5.40. The van der Waals surface area contributed by atoms with Crippen LogP contribution in [0.4, 0.5) is 0 Å². The highest BCUT2D eigenvalue weighted by Crippen LogP contribution is 2.11. The first kappa shape index (κ1) is 19.1. The van der Waals surface area contributed by atoms with Gasteiger partial charge in [0.05, 0.1) is 6.42 Å². The summed E-state index contributed by atoms with van der Waals surface area (Å²) in [5, 5.41) is 11.9. The van der Waals surface area contributed by atoms with Crippen LogP contribution in [-0.2, 0) is 11.2 Å². The molecule has 0 aromatic carbocycles. The van der Waals surface area contributed by atoms with Crippen LogP contribution >= 0.6 is 11.8 Å². The number of nitrogens with zero attached hydrogens (tertiary/aromatic N) is 2. The second-order valence-electron chi connectivity index (χ2n) is 5.60. The summed E-state index contributed by atoms with van der Waals surface area (Å²) in [6.07, 6.45) is 4.00. The Bertz CT molecular complexity index is 758. The standard InChI is InChI=1S/C17H22N4O3S/c1-11-13(9-15(23)20-12(6-8-22)10-25-2)17(24)21-16(19-11)14-5-3-4-7-18-14/h3-5,7,12,22H,6,8-10H2,1-2H3,(H,20,23)(H,19,21,24). The number of pyridine rings is 1. The molecule has 0 saturated heterocycles. The van der Waals surface area contributed by atoms with Gasteiger partial charge in [0.15, 0.2) is 5.82 Å². The minimum Gasteiger partial charge on any atom is -0.396 e. The first-order valence-electron chi connectivity index (χ1n) is 7.95. The van der Waals surface area contributed by atoms with Crippen LogP contribution in [-0.4, -0.2) is 50.6 Å². The second kappa shape index (κ2) is 9.33. The topological polar surface area (TPSA) is 108 Å². The van der Waals surface area contributed by atoms with Crippen LogP contribution in [0, 0.1) is 6.92 Å². The summed E-state index contributed by atoms with van der Waals surface area (Å²) in [6.45, 7) is 1.71. The van der Waals surface area contributed by atoms with Crippen molar-refractivity contribution in [2.45, 2.75) is 25.8 Å². The van der Waals surface area contributed by atoms with Crippen molar-refractivity contribution in [1.82, 2.24) is 20.3 Å². The summed E-state index contributed by atoms with van der Waals surface area (Å²) in [5.74, 6) is 0.833. The van der Waals surface area contributed by atoms with Crippen LogP contribution < -0.4 is 10.9 Å². The predicted molar refractivity (Wildman–Crippen MR) is 98.5 cm³/mol. The van der Waals surface area contributed by atoms with Gasteiger partial charge >= 0.3 is 0 Å². The fourth-order valence-electron chi connectivity index (χ4n) is 2.44. The van der Waals surface area contributed by atoms with Gasteiger partial charge in [-0.1, -0.05) is 6.07 Å². The first-order valence-corrected chi connectivity index (χ1v) is 9.35. The summed E-state index contributed by atoms with van der Waals surface area (Å²) in [5.41, 5.74) is 1.07. The molecule has 7 nitrogen and oxygen atoms in total. The maximum absolute atomic E-state index is 12.4. The number of aromatic nitrogens is 3. The van der Waals surface area contributed by atoms with Gasteiger partial charge in [-0.3, -0.25) is 14.6 Å². The molecule has 1 atom stereocenters. The Morgan fingerprint density at radius 2 is 2.24 bits per heavy atom. The zero-order valence-electron chi connectivity index (χ0n) is 14.3. The SMILES string of the molecule is CSCC(CCO)NC(=O)Cc1c(C)nc(-c2ccccn2)[nH]c1=O. The Kier molecular flexibility index (Phi) is 7.15. The quantitative estimate of drug-likeness (QED) is 0.644. The van der Waals surface area contributed by atoms with Crippen molar-refractivity contribution in [2.75, 3.05) is 18.6 Å². The summed E-state index contributed by atoms with van der Waals surface area (Å²) >= 11 is 1.59. The maximum Gasteiger partial charge on any atom is 0.255 e. The number of nitrogens with one attached hydrogen (secondary N) is 2. The number of aromatic amines is 1. The van der Waals surface area contributed by atoms with Crippen LogP contribution in [0.3, 0.4) is 0 Å². The second-order valence-corrected chi connectivity index (χ2v) is 6.51. The molecule has 8 heteroatoms. The van der Waals surface area contributed by atoms with Crippen LogP contribution in [0.5, 0.6) is 0 Å². The lowest BCUT2D eigenvalue weighted by molar-refractivity contribution is -0.121. The molecule has 3 N–H and O–H groups in total. The number of aliphatic hydroxyl groups excluding tert-OH is 1. The van der Waals surface area contributed by atoms with Gasteiger partial charge in [0.1, 0.15) is 5.69 Å². The van der Waals surface area contributed by atoms with E-state index in [1.165, 1.54) is 0 Å². The first-order chi connectivity index (χ1) is 12.0. The summed E-state index contributed by atoms with van der Waals surface area (Å²) in [6, 6.07) is 5.23. The Balaban J connectivity index is 2.15. The predicted octanol–water partition coefficient (Wildman–Crippen LogP) is 0.913. The molecule has 134 valence electrons. The van der Waals surface area contributed by atoms with Gasteiger partial charge in [-0.25, -0.2) is 4.98 Å². The third-order valence-electron chi connectivity index (χ3n) is 3.68. The van der Waals surface area contributed by atoms with Gasteiger partial charge in [-0.15, -0.1) is 0 Å². The fourth-order valence-corrected chi connectivity index (χ4v) is 3.09. The molecule has 1 amide bonds. The van der Waals surface area contributed by atoms with Crippen molar-refractivity contribution in [1.29, 1.82) is 0 Å². The van der Waals surface area contributed by atoms with Crippen LogP contribution in [0.25, 0.3) is 11.5 Å². The van der Waals surface area contributed by atoms with Crippen LogP contribution in [0.2, 0.25) is 0 Å². The van der Waals surface area contributed by atoms with Gasteiger partial charge in [0.2, 0.25) is 5.91 Å². The molecule has 2 rings (SSSR count). The normalized spacial score (nSPS) is 12.0. The fraction of sp³-hybridized carbons (Fsp3) is 0.412. The lowest BCUT2D eigenvalue weighted by Gasteiger charge is -2.16. The molecule has 2 heterocycles. The number of aryl methyl sites for hydroxylation is 1. The number of carbonyl (C=O) groups is 1. The number of aliphatic hydroxyl groups is 1. The van der Waals surface area contributed by atoms with Gasteiger partial charge in [0.25, 0.3) is 5.56 Å². The summed E-state index contributed by atoms with van der Waals surface area (Å²) < 4.78 is 0. The zero-order chi connectivity index (χ0) is 18.2. The monoisotopic (exact) mass is 362 g/mol. The largest absolute Gasteiger partial charge is 0.396 e. The third-order valence-corrected chi connectivity index (χ3v) is 4.41. The van der Waals surface area contributed by atoms with Gasteiger partial charge in [-0.05, 0) is 31.7 Å². The van der Waals surface area contributed by atoms with E-state index in [0.717, 1.165) is 0 Å². The number of H-pyrrole nitrogens is 1. The summed E-state index contributed by atoms with van der Waals surface area (Å²) in [7, 11) is 0. The minimum atomic E-state index is -0.341. The lowest BCUT2D eigenvalue weighted by Crippen LogP contribution is -2.39. The summed E-state index contributed by atoms with van der Waals surface area (Å²) in [4.78, 5) is 35.8. The number of carbonyl (C=O) groups excluding carboxylic acids is 1. The average molecular weight is 362 g/mol. The van der Waals surface area contributed by atoms with E-state index < -0.39 is 0 Å². The van der Waals surface area contributed by atoms with E-state index in [1.54, 1.807) is 37.0 Å². The zero-order valence-corrected chi connectivity index (χ0v) is 15.1. The van der Waals surface area contributed by atoms with E-state index in [2.05, 4.69) is 20.3 Å². The number of thioether (sulfide) groups is 1. The molecule has 0 bridgehead atoms. The molecule has 0 aliphatic heterocycles. The highest BCUT2D eigenvalue weighted by atomic mass is 32.2. The molecule has 1 unspecified atom stereocenters. The molecular formula is C17H22N4O3S. The van der Waals surface area contributed by atoms with E-state index in [1.807, 2.05) is 12.3 Å². The van der Waals surface area contributed by atoms with Gasteiger partial charge < -0.3 is 15.4 Å². The van der Waals surface area contributed by atoms with Crippen molar-refractivity contribution in [3.8, 4) is 11.5 Å². The van der Waals surface area contributed by atoms with Crippen molar-refractivity contribution >= 4 is 17.7 Å². The Morgan fingerprint density at radius 3 is 2.84 bits per heavy atom. The molecule has 0 spiro atoms. The minimum absolute atomic E-state index is 0.00540. The Morgan fingerprint density at radius 1 is 1.44 bits per heavy atom. The van der Waals surface area contributed by atoms with Crippen LogP contribution in [0.15, 0.2) is 29.2 Å². The molecular weight excluding hydrogens is 340 g/mol. The maximum atomic E-state index is 12.4.